The molecule has 0 fully saturated rings. The lowest BCUT2D eigenvalue weighted by Crippen LogP contribution is -2.38. The molecular weight excluding hydrogens is 402 g/mol. The second-order valence-electron chi connectivity index (χ2n) is 6.56. The fourth-order valence-corrected chi connectivity index (χ4v) is 3.67. The number of unbranched alkanes of at least 4 members (excludes halogenated alkanes) is 5. The Bertz CT molecular complexity index is 576. The van der Waals surface area contributed by atoms with Gasteiger partial charge in [0.25, 0.3) is 0 Å². The van der Waals surface area contributed by atoms with Gasteiger partial charge in [0.1, 0.15) is 19.8 Å². The summed E-state index contributed by atoms with van der Waals surface area (Å²) in [5.74, 6) is 4.99. The molecule has 0 amide bonds. The second kappa shape index (κ2) is 16.8. The minimum Gasteiger partial charge on any atom is -0.369 e. The summed E-state index contributed by atoms with van der Waals surface area (Å²) >= 11 is 3.88. The number of terminal acetylenes is 2. The maximum Gasteiger partial charge on any atom is 0.195 e. The average Bonchev–Trinajstić information content (AvgIpc) is 2.69. The summed E-state index contributed by atoms with van der Waals surface area (Å²) in [4.78, 5) is 0.391. The van der Waals surface area contributed by atoms with Crippen LogP contribution in [0.3, 0.4) is 0 Å². The summed E-state index contributed by atoms with van der Waals surface area (Å²) in [7, 11) is 0. The molecule has 1 heterocycles. The van der Waals surface area contributed by atoms with E-state index in [1.165, 1.54) is 37.8 Å². The molecule has 0 aromatic carbocycles. The lowest BCUT2D eigenvalue weighted by molar-refractivity contribution is -0.704. The Morgan fingerprint density at radius 1 is 0.889 bits per heavy atom. The van der Waals surface area contributed by atoms with Crippen molar-refractivity contribution < 1.29 is 14.0 Å². The Morgan fingerprint density at radius 2 is 1.52 bits per heavy atom. The molecule has 0 aliphatic heterocycles. The number of nitrogens with zero attached hydrogens (tertiary/aromatic N) is 1. The maximum absolute atomic E-state index is 5.32. The molecule has 27 heavy (non-hydrogen) atoms. The molecule has 0 spiro atoms. The molecule has 1 aromatic rings. The third-order valence-corrected chi connectivity index (χ3v) is 5.28. The van der Waals surface area contributed by atoms with Crippen LogP contribution in [0.4, 0.5) is 0 Å². The predicted molar refractivity (Wildman–Crippen MR) is 115 cm³/mol. The van der Waals surface area contributed by atoms with Gasteiger partial charge in [-0.15, -0.1) is 12.8 Å². The predicted octanol–water partition coefficient (Wildman–Crippen LogP) is 4.83. The first-order valence-electron chi connectivity index (χ1n) is 9.94. The minimum absolute atomic E-state index is 0.391. The van der Waals surface area contributed by atoms with E-state index in [4.69, 9.17) is 22.3 Å². The van der Waals surface area contributed by atoms with Crippen molar-refractivity contribution in [2.45, 2.75) is 62.7 Å². The van der Waals surface area contributed by atoms with E-state index < -0.39 is 0 Å². The average molecular weight is 435 g/mol. The van der Waals surface area contributed by atoms with Crippen LogP contribution in [0.2, 0.25) is 0 Å². The number of pyridine rings is 1. The molecule has 0 aliphatic carbocycles. The van der Waals surface area contributed by atoms with E-state index in [-0.39, 0.29) is 0 Å². The van der Waals surface area contributed by atoms with E-state index in [2.05, 4.69) is 56.7 Å². The van der Waals surface area contributed by atoms with Gasteiger partial charge in [0.05, 0.1) is 4.83 Å². The second-order valence-corrected chi connectivity index (χ2v) is 7.67. The standard InChI is InChI=1S/C23H33BrNO2/c1-3-18-26-20-12-6-5-10-16-25-17-11-9-15-23(25)22(24)14-8-7-13-21-27-19-4-2/h1-2,9,11,15,17,22H,5-8,10,12-14,16,18-21H2/q+1. The summed E-state index contributed by atoms with van der Waals surface area (Å²) in [5, 5.41) is 0. The molecule has 0 radical (unpaired) electrons. The highest BCUT2D eigenvalue weighted by molar-refractivity contribution is 9.09. The van der Waals surface area contributed by atoms with Gasteiger partial charge in [0, 0.05) is 31.8 Å². The lowest BCUT2D eigenvalue weighted by Gasteiger charge is -2.10. The van der Waals surface area contributed by atoms with E-state index >= 15 is 0 Å². The number of hydrogen-bond donors (Lipinski definition) is 0. The first-order valence-corrected chi connectivity index (χ1v) is 10.9. The number of halogens is 1. The molecule has 1 unspecified atom stereocenters. The van der Waals surface area contributed by atoms with Crippen LogP contribution in [0, 0.1) is 24.7 Å². The van der Waals surface area contributed by atoms with Gasteiger partial charge >= 0.3 is 0 Å². The van der Waals surface area contributed by atoms with Crippen molar-refractivity contribution in [2.24, 2.45) is 0 Å². The molecule has 0 N–H and O–H groups in total. The number of rotatable bonds is 16. The topological polar surface area (TPSA) is 22.3 Å². The van der Waals surface area contributed by atoms with E-state index in [0.717, 1.165) is 39.0 Å². The van der Waals surface area contributed by atoms with Gasteiger partial charge < -0.3 is 9.47 Å². The van der Waals surface area contributed by atoms with Gasteiger partial charge in [-0.2, -0.15) is 0 Å². The SMILES string of the molecule is C#CCOCCCCCC[n+]1ccccc1C(Br)CCCCCOCC#C. The van der Waals surface area contributed by atoms with E-state index in [9.17, 15) is 0 Å². The fourth-order valence-electron chi connectivity index (χ4n) is 2.93. The van der Waals surface area contributed by atoms with Gasteiger partial charge in [-0.1, -0.05) is 53.1 Å². The molecule has 0 saturated carbocycles. The summed E-state index contributed by atoms with van der Waals surface area (Å²) in [6.07, 6.45) is 21.7. The van der Waals surface area contributed by atoms with Crippen molar-refractivity contribution in [2.75, 3.05) is 26.4 Å². The molecule has 1 rings (SSSR count). The third kappa shape index (κ3) is 11.9. The molecule has 1 aromatic heterocycles. The van der Waals surface area contributed by atoms with Gasteiger partial charge in [-0.3, -0.25) is 0 Å². The molecule has 148 valence electrons. The van der Waals surface area contributed by atoms with Crippen LogP contribution in [0.25, 0.3) is 0 Å². The van der Waals surface area contributed by atoms with Crippen LogP contribution in [0.15, 0.2) is 24.4 Å². The van der Waals surface area contributed by atoms with Gasteiger partial charge in [-0.25, -0.2) is 4.57 Å². The lowest BCUT2D eigenvalue weighted by atomic mass is 10.1. The van der Waals surface area contributed by atoms with Crippen LogP contribution in [0.1, 0.15) is 61.9 Å². The summed E-state index contributed by atoms with van der Waals surface area (Å²) in [6.45, 7) is 3.43. The molecule has 0 saturated heterocycles. The zero-order valence-electron chi connectivity index (χ0n) is 16.4. The Morgan fingerprint density at radius 3 is 2.19 bits per heavy atom. The first kappa shape index (κ1) is 23.7. The van der Waals surface area contributed by atoms with Crippen molar-refractivity contribution in [1.82, 2.24) is 0 Å². The van der Waals surface area contributed by atoms with Crippen molar-refractivity contribution >= 4 is 15.9 Å². The molecule has 3 nitrogen and oxygen atoms in total. The summed E-state index contributed by atoms with van der Waals surface area (Å²) in [6, 6.07) is 6.46. The summed E-state index contributed by atoms with van der Waals surface area (Å²) in [5.41, 5.74) is 1.36. The Kier molecular flexibility index (Phi) is 14.8. The fraction of sp³-hybridized carbons (Fsp3) is 0.609. The van der Waals surface area contributed by atoms with Crippen LogP contribution < -0.4 is 4.57 Å². The largest absolute Gasteiger partial charge is 0.369 e. The highest BCUT2D eigenvalue weighted by Gasteiger charge is 2.18. The molecule has 0 bridgehead atoms. The number of aryl methyl sites for hydroxylation is 1. The number of hydrogen-bond acceptors (Lipinski definition) is 2. The van der Waals surface area contributed by atoms with Crippen LogP contribution in [-0.4, -0.2) is 26.4 Å². The van der Waals surface area contributed by atoms with Gasteiger partial charge in [0.15, 0.2) is 11.9 Å². The highest BCUT2D eigenvalue weighted by Crippen LogP contribution is 2.26. The zero-order chi connectivity index (χ0) is 19.6. The smallest absolute Gasteiger partial charge is 0.195 e. The normalized spacial score (nSPS) is 11.7. The molecule has 4 heteroatoms. The first-order chi connectivity index (χ1) is 13.3. The highest BCUT2D eigenvalue weighted by atomic mass is 79.9. The van der Waals surface area contributed by atoms with Crippen molar-refractivity contribution in [1.29, 1.82) is 0 Å². The Balaban J connectivity index is 2.23. The van der Waals surface area contributed by atoms with Crippen LogP contribution in [-0.2, 0) is 16.0 Å². The van der Waals surface area contributed by atoms with E-state index in [1.807, 2.05) is 0 Å². The van der Waals surface area contributed by atoms with E-state index in [0.29, 0.717) is 18.0 Å². The minimum atomic E-state index is 0.391. The van der Waals surface area contributed by atoms with Gasteiger partial charge in [0.2, 0.25) is 0 Å². The third-order valence-electron chi connectivity index (χ3n) is 4.35. The van der Waals surface area contributed by atoms with Crippen molar-refractivity contribution in [3.8, 4) is 24.7 Å². The number of aromatic nitrogens is 1. The van der Waals surface area contributed by atoms with E-state index in [1.54, 1.807) is 0 Å². The number of ether oxygens (including phenoxy) is 2. The maximum atomic E-state index is 5.32. The Labute approximate surface area is 174 Å². The van der Waals surface area contributed by atoms with Crippen molar-refractivity contribution in [3.05, 3.63) is 30.1 Å². The zero-order valence-corrected chi connectivity index (χ0v) is 18.0. The van der Waals surface area contributed by atoms with Crippen LogP contribution in [0.5, 0.6) is 0 Å². The Hall–Kier alpha value is -1.33. The summed E-state index contributed by atoms with van der Waals surface area (Å²) < 4.78 is 13.0. The van der Waals surface area contributed by atoms with Crippen molar-refractivity contribution in [3.63, 3.8) is 0 Å². The monoisotopic (exact) mass is 434 g/mol. The molecule has 0 aliphatic rings. The molecule has 1 atom stereocenters. The number of alkyl halides is 1. The van der Waals surface area contributed by atoms with Crippen LogP contribution >= 0.6 is 15.9 Å². The quantitative estimate of drug-likeness (QED) is 0.161. The molecular formula is C23H33BrNO2+. The van der Waals surface area contributed by atoms with Gasteiger partial charge in [-0.05, 0) is 25.7 Å².